The molecule has 0 amide bonds. The van der Waals surface area contributed by atoms with Gasteiger partial charge in [-0.05, 0) is 50.1 Å². The van der Waals surface area contributed by atoms with Crippen molar-refractivity contribution in [1.82, 2.24) is 19.8 Å². The van der Waals surface area contributed by atoms with E-state index in [1.807, 2.05) is 0 Å². The molecule has 6 nitrogen and oxygen atoms in total. The Labute approximate surface area is 233 Å². The van der Waals surface area contributed by atoms with Crippen molar-refractivity contribution in [3.05, 3.63) is 83.6 Å². The van der Waals surface area contributed by atoms with E-state index in [0.717, 1.165) is 69.9 Å². The van der Waals surface area contributed by atoms with Crippen molar-refractivity contribution in [2.24, 2.45) is 0 Å². The molecule has 3 aromatic rings. The first kappa shape index (κ1) is 25.7. The zero-order valence-corrected chi connectivity index (χ0v) is 24.1. The van der Waals surface area contributed by atoms with Crippen molar-refractivity contribution < 1.29 is 0 Å². The molecule has 39 heavy (non-hydrogen) atoms. The van der Waals surface area contributed by atoms with Crippen molar-refractivity contribution in [3.63, 3.8) is 0 Å². The SMILES string of the molecule is C=C(C1CN1C(=C)C)N(C)C1CCN(c2nc(CC)nc3c2CCN(c2cccc4cccc(C)c24)C3)CC1. The van der Waals surface area contributed by atoms with Gasteiger partial charge in [0.25, 0.3) is 0 Å². The highest BCUT2D eigenvalue weighted by Gasteiger charge is 2.39. The highest BCUT2D eigenvalue weighted by atomic mass is 15.4. The number of aryl methyl sites for hydroxylation is 2. The third kappa shape index (κ3) is 4.75. The van der Waals surface area contributed by atoms with Gasteiger partial charge < -0.3 is 19.6 Å². The fourth-order valence-corrected chi connectivity index (χ4v) is 6.64. The molecule has 2 aromatic carbocycles. The molecule has 0 spiro atoms. The molecule has 3 aliphatic heterocycles. The van der Waals surface area contributed by atoms with Gasteiger partial charge in [0.1, 0.15) is 11.6 Å². The van der Waals surface area contributed by atoms with E-state index in [-0.39, 0.29) is 0 Å². The van der Waals surface area contributed by atoms with Crippen LogP contribution in [-0.2, 0) is 19.4 Å². The van der Waals surface area contributed by atoms with E-state index < -0.39 is 0 Å². The van der Waals surface area contributed by atoms with E-state index in [1.54, 1.807) is 0 Å². The Morgan fingerprint density at radius 1 is 1.03 bits per heavy atom. The van der Waals surface area contributed by atoms with E-state index >= 15 is 0 Å². The Bertz CT molecular complexity index is 1410. The summed E-state index contributed by atoms with van der Waals surface area (Å²) in [5.74, 6) is 2.14. The van der Waals surface area contributed by atoms with Crippen LogP contribution in [0.1, 0.15) is 49.3 Å². The largest absolute Gasteiger partial charge is 0.373 e. The average molecular weight is 523 g/mol. The molecule has 0 saturated carbocycles. The third-order valence-corrected chi connectivity index (χ3v) is 9.09. The number of fused-ring (bicyclic) bond motifs is 2. The number of hydrogen-bond donors (Lipinski definition) is 0. The molecule has 0 aliphatic carbocycles. The average Bonchev–Trinajstić information content (AvgIpc) is 3.77. The molecular weight excluding hydrogens is 480 g/mol. The van der Waals surface area contributed by atoms with Crippen LogP contribution in [0, 0.1) is 6.92 Å². The van der Waals surface area contributed by atoms with Crippen LogP contribution in [0.5, 0.6) is 0 Å². The van der Waals surface area contributed by atoms with Crippen molar-refractivity contribution in [2.75, 3.05) is 43.0 Å². The minimum absolute atomic E-state index is 0.431. The van der Waals surface area contributed by atoms with Crippen LogP contribution in [0.25, 0.3) is 10.8 Å². The zero-order valence-electron chi connectivity index (χ0n) is 24.1. The summed E-state index contributed by atoms with van der Waals surface area (Å²) in [5.41, 5.74) is 7.57. The van der Waals surface area contributed by atoms with Gasteiger partial charge in [0, 0.05) is 73.7 Å². The van der Waals surface area contributed by atoms with E-state index in [9.17, 15) is 0 Å². The topological polar surface area (TPSA) is 38.5 Å². The monoisotopic (exact) mass is 522 g/mol. The molecule has 6 heteroatoms. The molecule has 6 rings (SSSR count). The van der Waals surface area contributed by atoms with Gasteiger partial charge in [0.2, 0.25) is 0 Å². The second-order valence-corrected chi connectivity index (χ2v) is 11.6. The normalized spacial score (nSPS) is 19.3. The maximum absolute atomic E-state index is 5.11. The molecule has 2 fully saturated rings. The lowest BCUT2D eigenvalue weighted by molar-refractivity contribution is 0.249. The van der Waals surface area contributed by atoms with E-state index in [0.29, 0.717) is 12.1 Å². The maximum Gasteiger partial charge on any atom is 0.135 e. The van der Waals surface area contributed by atoms with Gasteiger partial charge in [-0.25, -0.2) is 9.97 Å². The smallest absolute Gasteiger partial charge is 0.135 e. The summed E-state index contributed by atoms with van der Waals surface area (Å²) in [7, 11) is 2.23. The van der Waals surface area contributed by atoms with Crippen LogP contribution in [0.2, 0.25) is 0 Å². The summed E-state index contributed by atoms with van der Waals surface area (Å²) in [6.07, 6.45) is 4.08. The third-order valence-electron chi connectivity index (χ3n) is 9.09. The Morgan fingerprint density at radius 3 is 2.46 bits per heavy atom. The lowest BCUT2D eigenvalue weighted by Crippen LogP contribution is -2.45. The Kier molecular flexibility index (Phi) is 6.74. The fourth-order valence-electron chi connectivity index (χ4n) is 6.64. The molecule has 0 N–H and O–H groups in total. The first-order valence-electron chi connectivity index (χ1n) is 14.6. The molecule has 204 valence electrons. The lowest BCUT2D eigenvalue weighted by atomic mass is 9.98. The summed E-state index contributed by atoms with van der Waals surface area (Å²) in [6, 6.07) is 14.2. The number of benzene rings is 2. The van der Waals surface area contributed by atoms with Gasteiger partial charge in [-0.1, -0.05) is 50.4 Å². The van der Waals surface area contributed by atoms with E-state index in [4.69, 9.17) is 9.97 Å². The second kappa shape index (κ2) is 10.2. The Morgan fingerprint density at radius 2 is 1.77 bits per heavy atom. The summed E-state index contributed by atoms with van der Waals surface area (Å²) < 4.78 is 0. The van der Waals surface area contributed by atoms with Crippen LogP contribution in [0.3, 0.4) is 0 Å². The van der Waals surface area contributed by atoms with Gasteiger partial charge in [-0.3, -0.25) is 0 Å². The highest BCUT2D eigenvalue weighted by Crippen LogP contribution is 2.36. The first-order chi connectivity index (χ1) is 18.9. The van der Waals surface area contributed by atoms with Gasteiger partial charge in [-0.15, -0.1) is 0 Å². The number of nitrogens with zero attached hydrogens (tertiary/aromatic N) is 6. The second-order valence-electron chi connectivity index (χ2n) is 11.6. The molecule has 3 aliphatic rings. The number of piperidine rings is 1. The lowest BCUT2D eigenvalue weighted by Gasteiger charge is -2.40. The number of aromatic nitrogens is 2. The summed E-state index contributed by atoms with van der Waals surface area (Å²) in [5, 5.41) is 2.67. The number of rotatable bonds is 7. The molecule has 2 saturated heterocycles. The Balaban J connectivity index is 1.20. The summed E-state index contributed by atoms with van der Waals surface area (Å²) in [6.45, 7) is 19.9. The van der Waals surface area contributed by atoms with Crippen molar-refractivity contribution in [2.45, 2.75) is 65.1 Å². The van der Waals surface area contributed by atoms with Crippen molar-refractivity contribution in [3.8, 4) is 0 Å². The minimum Gasteiger partial charge on any atom is -0.373 e. The molecule has 0 bridgehead atoms. The predicted molar refractivity (Wildman–Crippen MR) is 162 cm³/mol. The quantitative estimate of drug-likeness (QED) is 0.371. The summed E-state index contributed by atoms with van der Waals surface area (Å²) >= 11 is 0. The molecule has 0 radical (unpaired) electrons. The minimum atomic E-state index is 0.431. The molecule has 4 heterocycles. The van der Waals surface area contributed by atoms with Crippen LogP contribution < -0.4 is 9.80 Å². The summed E-state index contributed by atoms with van der Waals surface area (Å²) in [4.78, 5) is 20.0. The zero-order chi connectivity index (χ0) is 27.3. The van der Waals surface area contributed by atoms with Gasteiger partial charge in [0.15, 0.2) is 0 Å². The van der Waals surface area contributed by atoms with Gasteiger partial charge in [-0.2, -0.15) is 0 Å². The molecule has 1 aromatic heterocycles. The molecule has 1 unspecified atom stereocenters. The number of anilines is 2. The van der Waals surface area contributed by atoms with Crippen LogP contribution in [0.15, 0.2) is 61.0 Å². The van der Waals surface area contributed by atoms with Gasteiger partial charge >= 0.3 is 0 Å². The van der Waals surface area contributed by atoms with Crippen molar-refractivity contribution in [1.29, 1.82) is 0 Å². The fraction of sp³-hybridized carbons (Fsp3) is 0.455. The molecule has 1 atom stereocenters. The first-order valence-corrected chi connectivity index (χ1v) is 14.6. The Hall–Kier alpha value is -3.54. The highest BCUT2D eigenvalue weighted by molar-refractivity contribution is 5.97. The van der Waals surface area contributed by atoms with E-state index in [1.165, 1.54) is 44.8 Å². The van der Waals surface area contributed by atoms with E-state index in [2.05, 4.69) is 97.0 Å². The maximum atomic E-state index is 5.11. The predicted octanol–water partition coefficient (Wildman–Crippen LogP) is 5.70. The molecular formula is C33H42N6. The standard InChI is InChI=1S/C33H42N6/c1-7-31-34-28-20-38(29-13-9-12-25-11-8-10-23(4)32(25)29)19-16-27(28)33(35-31)37-17-14-26(15-18-37)36(6)24(5)30-21-39(30)22(2)3/h8-13,26,30H,2,5,7,14-21H2,1,3-4,6H3. The number of allylic oxidation sites excluding steroid dienone is 1. The van der Waals surface area contributed by atoms with Crippen LogP contribution in [0.4, 0.5) is 11.5 Å². The number of hydrogen-bond acceptors (Lipinski definition) is 6. The van der Waals surface area contributed by atoms with Crippen LogP contribution >= 0.6 is 0 Å². The van der Waals surface area contributed by atoms with Crippen molar-refractivity contribution >= 4 is 22.3 Å². The van der Waals surface area contributed by atoms with Crippen LogP contribution in [-0.4, -0.2) is 65.1 Å². The number of likely N-dealkylation sites (N-methyl/N-ethyl adjacent to an activating group) is 1. The van der Waals surface area contributed by atoms with Gasteiger partial charge in [0.05, 0.1) is 18.3 Å².